The molecule has 0 spiro atoms. The average Bonchev–Trinajstić information content (AvgIpc) is 2.95. The number of nitrogens with one attached hydrogen (secondary N) is 1. The zero-order valence-electron chi connectivity index (χ0n) is 21.6. The van der Waals surface area contributed by atoms with Crippen LogP contribution in [0.25, 0.3) is 0 Å². The van der Waals surface area contributed by atoms with Crippen LogP contribution in [0.4, 0.5) is 0 Å². The molecular formula is C28H41N3O3S. The van der Waals surface area contributed by atoms with Crippen molar-refractivity contribution in [3.05, 3.63) is 71.1 Å². The Morgan fingerprint density at radius 1 is 1.23 bits per heavy atom. The largest absolute Gasteiger partial charge is 0.488 e. The molecule has 192 valence electrons. The van der Waals surface area contributed by atoms with E-state index in [1.165, 1.54) is 5.56 Å². The van der Waals surface area contributed by atoms with Gasteiger partial charge in [-0.15, -0.1) is 0 Å². The fourth-order valence-corrected chi connectivity index (χ4v) is 6.05. The second-order valence-corrected chi connectivity index (χ2v) is 11.3. The number of ether oxygens (including phenoxy) is 1. The molecule has 35 heavy (non-hydrogen) atoms. The van der Waals surface area contributed by atoms with Gasteiger partial charge in [-0.05, 0) is 73.8 Å². The van der Waals surface area contributed by atoms with Gasteiger partial charge >= 0.3 is 0 Å². The van der Waals surface area contributed by atoms with Crippen LogP contribution in [0.3, 0.4) is 0 Å². The van der Waals surface area contributed by atoms with E-state index in [0.29, 0.717) is 24.8 Å². The Kier molecular flexibility index (Phi) is 9.63. The van der Waals surface area contributed by atoms with Crippen LogP contribution in [0.5, 0.6) is 5.75 Å². The predicted molar refractivity (Wildman–Crippen MR) is 143 cm³/mol. The van der Waals surface area contributed by atoms with Crippen molar-refractivity contribution < 1.29 is 13.2 Å². The van der Waals surface area contributed by atoms with Crippen LogP contribution in [-0.2, 0) is 16.6 Å². The lowest BCUT2D eigenvalue weighted by Crippen LogP contribution is -2.36. The summed E-state index contributed by atoms with van der Waals surface area (Å²) in [5, 5.41) is 3.25. The van der Waals surface area contributed by atoms with Gasteiger partial charge in [-0.1, -0.05) is 51.1 Å². The molecule has 0 saturated carbocycles. The zero-order valence-corrected chi connectivity index (χ0v) is 22.4. The summed E-state index contributed by atoms with van der Waals surface area (Å²) in [5.74, 6) is 0.804. The fraction of sp³-hybridized carbons (Fsp3) is 0.500. The molecule has 1 heterocycles. The Morgan fingerprint density at radius 2 is 2.00 bits per heavy atom. The highest BCUT2D eigenvalue weighted by molar-refractivity contribution is 7.89. The van der Waals surface area contributed by atoms with Gasteiger partial charge < -0.3 is 15.8 Å². The molecule has 0 saturated heterocycles. The van der Waals surface area contributed by atoms with Crippen molar-refractivity contribution in [1.29, 1.82) is 0 Å². The topological polar surface area (TPSA) is 84.7 Å². The standard InChI is InChI=1S/C28H41N3O3S/c1-5-16-30-18-25(29)15-14-22(6-2)23-13-12-21(4)24(17-23)19-31-20-26(7-3)34-27-10-8-9-11-28(27)35(31,32)33/h8-13,17-18,22,26,30H,5-7,14-16,19-20,29H2,1-4H3/b25-18-/t22-,26+/m0/s1. The van der Waals surface area contributed by atoms with Crippen molar-refractivity contribution in [2.75, 3.05) is 13.1 Å². The van der Waals surface area contributed by atoms with Crippen LogP contribution in [0.15, 0.2) is 59.3 Å². The molecule has 6 nitrogen and oxygen atoms in total. The molecule has 0 radical (unpaired) electrons. The van der Waals surface area contributed by atoms with E-state index < -0.39 is 10.0 Å². The van der Waals surface area contributed by atoms with Gasteiger partial charge in [-0.3, -0.25) is 0 Å². The molecule has 1 aliphatic heterocycles. The average molecular weight is 500 g/mol. The van der Waals surface area contributed by atoms with Crippen LogP contribution < -0.4 is 15.8 Å². The van der Waals surface area contributed by atoms with Gasteiger partial charge in [0.2, 0.25) is 10.0 Å². The number of sulfonamides is 1. The molecule has 2 aromatic rings. The smallest absolute Gasteiger partial charge is 0.247 e. The fourth-order valence-electron chi connectivity index (χ4n) is 4.48. The number of allylic oxidation sites excluding steroid dienone is 1. The number of hydrogen-bond donors (Lipinski definition) is 2. The minimum absolute atomic E-state index is 0.184. The minimum atomic E-state index is -3.67. The first kappa shape index (κ1) is 27.1. The van der Waals surface area contributed by atoms with Gasteiger partial charge in [-0.25, -0.2) is 8.42 Å². The summed E-state index contributed by atoms with van der Waals surface area (Å²) in [5.41, 5.74) is 10.4. The third kappa shape index (κ3) is 6.79. The van der Waals surface area contributed by atoms with Crippen molar-refractivity contribution >= 4 is 10.0 Å². The second kappa shape index (κ2) is 12.5. The summed E-state index contributed by atoms with van der Waals surface area (Å²) < 4.78 is 34.8. The number of hydrogen-bond acceptors (Lipinski definition) is 5. The van der Waals surface area contributed by atoms with Crippen molar-refractivity contribution in [2.45, 2.75) is 83.3 Å². The molecule has 3 N–H and O–H groups in total. The Bertz CT molecular complexity index is 1110. The predicted octanol–water partition coefficient (Wildman–Crippen LogP) is 5.43. The van der Waals surface area contributed by atoms with Crippen molar-refractivity contribution in [2.24, 2.45) is 5.73 Å². The number of para-hydroxylation sites is 1. The van der Waals surface area contributed by atoms with E-state index in [0.717, 1.165) is 55.5 Å². The monoisotopic (exact) mass is 499 g/mol. The van der Waals surface area contributed by atoms with Crippen LogP contribution in [0.1, 0.15) is 75.5 Å². The summed E-state index contributed by atoms with van der Waals surface area (Å²) in [6, 6.07) is 13.4. The van der Waals surface area contributed by atoms with E-state index in [-0.39, 0.29) is 11.0 Å². The molecule has 0 bridgehead atoms. The second-order valence-electron chi connectivity index (χ2n) is 9.40. The third-order valence-electron chi connectivity index (χ3n) is 6.77. The summed E-state index contributed by atoms with van der Waals surface area (Å²) >= 11 is 0. The first-order chi connectivity index (χ1) is 16.8. The highest BCUT2D eigenvalue weighted by Gasteiger charge is 2.34. The highest BCUT2D eigenvalue weighted by atomic mass is 32.2. The normalized spacial score (nSPS) is 18.9. The Hall–Kier alpha value is -2.51. The molecule has 0 fully saturated rings. The van der Waals surface area contributed by atoms with E-state index in [1.807, 2.05) is 26.1 Å². The SMILES string of the molecule is CCCN/C=C(\N)CC[C@H](CC)c1ccc(C)c(CN2C[C@@H](CC)Oc3ccccc3S2(=O)=O)c1. The molecule has 0 aromatic heterocycles. The first-order valence-corrected chi connectivity index (χ1v) is 14.3. The maximum Gasteiger partial charge on any atom is 0.247 e. The Morgan fingerprint density at radius 3 is 2.71 bits per heavy atom. The quantitative estimate of drug-likeness (QED) is 0.403. The molecule has 2 aromatic carbocycles. The highest BCUT2D eigenvalue weighted by Crippen LogP contribution is 2.33. The van der Waals surface area contributed by atoms with Crippen LogP contribution in [0, 0.1) is 6.92 Å². The summed E-state index contributed by atoms with van der Waals surface area (Å²) in [6.07, 6.45) is 6.32. The maximum atomic E-state index is 13.6. The lowest BCUT2D eigenvalue weighted by molar-refractivity contribution is 0.168. The molecule has 7 heteroatoms. The number of aryl methyl sites for hydroxylation is 1. The molecule has 0 unspecified atom stereocenters. The lowest BCUT2D eigenvalue weighted by atomic mass is 9.89. The number of nitrogens with zero attached hydrogens (tertiary/aromatic N) is 1. The minimum Gasteiger partial charge on any atom is -0.488 e. The van der Waals surface area contributed by atoms with E-state index in [4.69, 9.17) is 10.5 Å². The van der Waals surface area contributed by atoms with Crippen molar-refractivity contribution in [3.8, 4) is 5.75 Å². The van der Waals surface area contributed by atoms with Gasteiger partial charge in [0, 0.05) is 25.0 Å². The molecule has 3 rings (SSSR count). The molecular weight excluding hydrogens is 458 g/mol. The van der Waals surface area contributed by atoms with Crippen molar-refractivity contribution in [1.82, 2.24) is 9.62 Å². The van der Waals surface area contributed by atoms with E-state index in [9.17, 15) is 8.42 Å². The van der Waals surface area contributed by atoms with Gasteiger partial charge in [0.15, 0.2) is 0 Å². The van der Waals surface area contributed by atoms with Gasteiger partial charge in [0.05, 0.1) is 6.54 Å². The number of benzene rings is 2. The molecule has 0 aliphatic carbocycles. The Balaban J connectivity index is 1.83. The summed E-state index contributed by atoms with van der Waals surface area (Å²) in [4.78, 5) is 0.245. The van der Waals surface area contributed by atoms with Gasteiger partial charge in [0.1, 0.15) is 16.7 Å². The van der Waals surface area contributed by atoms with Crippen LogP contribution in [-0.4, -0.2) is 31.9 Å². The Labute approximate surface area is 211 Å². The maximum absolute atomic E-state index is 13.6. The molecule has 0 amide bonds. The van der Waals surface area contributed by atoms with E-state index in [1.54, 1.807) is 22.5 Å². The molecule has 2 atom stereocenters. The zero-order chi connectivity index (χ0) is 25.4. The number of rotatable bonds is 11. The number of nitrogens with two attached hydrogens (primary N) is 1. The summed E-state index contributed by atoms with van der Waals surface area (Å²) in [6.45, 7) is 9.98. The first-order valence-electron chi connectivity index (χ1n) is 12.8. The van der Waals surface area contributed by atoms with Crippen LogP contribution >= 0.6 is 0 Å². The van der Waals surface area contributed by atoms with Crippen LogP contribution in [0.2, 0.25) is 0 Å². The summed E-state index contributed by atoms with van der Waals surface area (Å²) in [7, 11) is -3.67. The van der Waals surface area contributed by atoms with Gasteiger partial charge in [0.25, 0.3) is 0 Å². The molecule has 1 aliphatic rings. The number of fused-ring (bicyclic) bond motifs is 1. The lowest BCUT2D eigenvalue weighted by Gasteiger charge is -2.24. The third-order valence-corrected chi connectivity index (χ3v) is 8.62. The van der Waals surface area contributed by atoms with Crippen molar-refractivity contribution in [3.63, 3.8) is 0 Å². The van der Waals surface area contributed by atoms with E-state index >= 15 is 0 Å². The van der Waals surface area contributed by atoms with E-state index in [2.05, 4.69) is 37.4 Å². The van der Waals surface area contributed by atoms with Gasteiger partial charge in [-0.2, -0.15) is 4.31 Å².